The summed E-state index contributed by atoms with van der Waals surface area (Å²) >= 11 is 3.48. The minimum Gasteiger partial charge on any atom is -0.496 e. The van der Waals surface area contributed by atoms with Crippen LogP contribution in [0.5, 0.6) is 5.75 Å². The zero-order valence-electron chi connectivity index (χ0n) is 15.5. The number of rotatable bonds is 2. The lowest BCUT2D eigenvalue weighted by molar-refractivity contribution is 0.0240. The van der Waals surface area contributed by atoms with Gasteiger partial charge in [0.2, 0.25) is 0 Å². The second-order valence-corrected chi connectivity index (χ2v) is 8.07. The van der Waals surface area contributed by atoms with Crippen LogP contribution in [-0.4, -0.2) is 59.9 Å². The monoisotopic (exact) mass is 422 g/mol. The summed E-state index contributed by atoms with van der Waals surface area (Å²) in [6.07, 6.45) is 1.29. The minimum atomic E-state index is -0.488. The molecule has 1 fully saturated rings. The fourth-order valence-corrected chi connectivity index (χ4v) is 3.36. The number of piperazine rings is 1. The Morgan fingerprint density at radius 3 is 2.46 bits per heavy atom. The van der Waals surface area contributed by atoms with E-state index < -0.39 is 5.60 Å². The van der Waals surface area contributed by atoms with Gasteiger partial charge in [0.15, 0.2) is 0 Å². The Kier molecular flexibility index (Phi) is 5.22. The average molecular weight is 423 g/mol. The minimum absolute atomic E-state index is 0.272. The first-order chi connectivity index (χ1) is 12.3. The molecule has 26 heavy (non-hydrogen) atoms. The van der Waals surface area contributed by atoms with Crippen molar-refractivity contribution in [2.24, 2.45) is 0 Å². The van der Waals surface area contributed by atoms with E-state index in [4.69, 9.17) is 9.47 Å². The van der Waals surface area contributed by atoms with Gasteiger partial charge in [-0.3, -0.25) is 0 Å². The smallest absolute Gasteiger partial charge is 0.410 e. The number of hydrogen-bond donors (Lipinski definition) is 0. The quantitative estimate of drug-likeness (QED) is 0.737. The SMILES string of the molecule is COc1cc(Br)cc2ncnc(N3CCN(C(=O)OC(C)(C)C)CC3)c12. The van der Waals surface area contributed by atoms with E-state index in [9.17, 15) is 4.79 Å². The third-order valence-electron chi connectivity index (χ3n) is 4.10. The standard InChI is InChI=1S/C18H23BrN4O3/c1-18(2,3)26-17(24)23-7-5-22(6-8-23)16-15-13(20-11-21-16)9-12(19)10-14(15)25-4/h9-11H,5-8H2,1-4H3. The Balaban J connectivity index is 1.81. The molecule has 1 aliphatic heterocycles. The molecule has 2 heterocycles. The van der Waals surface area contributed by atoms with Gasteiger partial charge in [0.1, 0.15) is 23.5 Å². The van der Waals surface area contributed by atoms with E-state index in [0.717, 1.165) is 26.9 Å². The molecule has 140 valence electrons. The van der Waals surface area contributed by atoms with Gasteiger partial charge in [0.25, 0.3) is 0 Å². The molecule has 0 N–H and O–H groups in total. The van der Waals surface area contributed by atoms with E-state index >= 15 is 0 Å². The van der Waals surface area contributed by atoms with Crippen LogP contribution in [-0.2, 0) is 4.74 Å². The van der Waals surface area contributed by atoms with Crippen molar-refractivity contribution in [3.05, 3.63) is 22.9 Å². The highest BCUT2D eigenvalue weighted by atomic mass is 79.9. The normalized spacial score (nSPS) is 15.3. The number of carbonyl (C=O) groups is 1. The summed E-state index contributed by atoms with van der Waals surface area (Å²) in [5.41, 5.74) is 0.327. The summed E-state index contributed by atoms with van der Waals surface area (Å²) in [5, 5.41) is 0.879. The van der Waals surface area contributed by atoms with E-state index in [0.29, 0.717) is 26.2 Å². The van der Waals surface area contributed by atoms with Gasteiger partial charge in [-0.05, 0) is 32.9 Å². The van der Waals surface area contributed by atoms with Crippen LogP contribution in [0.25, 0.3) is 10.9 Å². The van der Waals surface area contributed by atoms with Crippen molar-refractivity contribution in [3.8, 4) is 5.75 Å². The number of amides is 1. The molecule has 0 spiro atoms. The lowest BCUT2D eigenvalue weighted by Gasteiger charge is -2.36. The van der Waals surface area contributed by atoms with Crippen molar-refractivity contribution >= 4 is 38.7 Å². The summed E-state index contributed by atoms with van der Waals surface area (Å²) in [6, 6.07) is 3.85. The van der Waals surface area contributed by atoms with Crippen molar-refractivity contribution in [3.63, 3.8) is 0 Å². The van der Waals surface area contributed by atoms with Crippen LogP contribution >= 0.6 is 15.9 Å². The molecule has 3 rings (SSSR count). The first-order valence-corrected chi connectivity index (χ1v) is 9.29. The Bertz CT molecular complexity index is 814. The molecule has 1 aromatic carbocycles. The van der Waals surface area contributed by atoms with Crippen LogP contribution in [0.15, 0.2) is 22.9 Å². The summed E-state index contributed by atoms with van der Waals surface area (Å²) in [7, 11) is 1.64. The van der Waals surface area contributed by atoms with Gasteiger partial charge in [-0.2, -0.15) is 0 Å². The number of aromatic nitrogens is 2. The maximum atomic E-state index is 12.2. The highest BCUT2D eigenvalue weighted by Gasteiger charge is 2.27. The molecule has 0 saturated carbocycles. The van der Waals surface area contributed by atoms with Crippen LogP contribution in [0.4, 0.5) is 10.6 Å². The third kappa shape index (κ3) is 4.00. The van der Waals surface area contributed by atoms with Crippen molar-refractivity contribution < 1.29 is 14.3 Å². The topological polar surface area (TPSA) is 67.8 Å². The average Bonchev–Trinajstić information content (AvgIpc) is 2.59. The molecular formula is C18H23BrN4O3. The molecule has 7 nitrogen and oxygen atoms in total. The molecule has 1 aliphatic rings. The Morgan fingerprint density at radius 2 is 1.85 bits per heavy atom. The second kappa shape index (κ2) is 7.26. The molecule has 0 atom stereocenters. The number of fused-ring (bicyclic) bond motifs is 1. The highest BCUT2D eigenvalue weighted by Crippen LogP contribution is 2.35. The summed E-state index contributed by atoms with van der Waals surface area (Å²) in [4.78, 5) is 25.0. The molecular weight excluding hydrogens is 400 g/mol. The number of hydrogen-bond acceptors (Lipinski definition) is 6. The summed E-state index contributed by atoms with van der Waals surface area (Å²) < 4.78 is 11.9. The largest absolute Gasteiger partial charge is 0.496 e. The van der Waals surface area contributed by atoms with E-state index in [1.165, 1.54) is 0 Å². The summed E-state index contributed by atoms with van der Waals surface area (Å²) in [6.45, 7) is 8.13. The fourth-order valence-electron chi connectivity index (χ4n) is 2.93. The van der Waals surface area contributed by atoms with Crippen LogP contribution in [0.3, 0.4) is 0 Å². The van der Waals surface area contributed by atoms with Crippen molar-refractivity contribution in [1.82, 2.24) is 14.9 Å². The van der Waals surface area contributed by atoms with Gasteiger partial charge in [-0.25, -0.2) is 14.8 Å². The number of benzene rings is 1. The first kappa shape index (κ1) is 18.7. The van der Waals surface area contributed by atoms with E-state index in [1.807, 2.05) is 32.9 Å². The number of halogens is 1. The van der Waals surface area contributed by atoms with Gasteiger partial charge in [-0.1, -0.05) is 15.9 Å². The van der Waals surface area contributed by atoms with Crippen molar-refractivity contribution in [2.45, 2.75) is 26.4 Å². The molecule has 0 unspecified atom stereocenters. The zero-order valence-corrected chi connectivity index (χ0v) is 17.0. The van der Waals surface area contributed by atoms with Gasteiger partial charge >= 0.3 is 6.09 Å². The molecule has 1 amide bonds. The predicted octanol–water partition coefficient (Wildman–Crippen LogP) is 3.46. The van der Waals surface area contributed by atoms with Crippen molar-refractivity contribution in [2.75, 3.05) is 38.2 Å². The fraction of sp³-hybridized carbons (Fsp3) is 0.500. The Hall–Kier alpha value is -2.09. The maximum absolute atomic E-state index is 12.2. The molecule has 1 saturated heterocycles. The van der Waals surface area contributed by atoms with Gasteiger partial charge in [0.05, 0.1) is 18.0 Å². The number of methoxy groups -OCH3 is 1. The second-order valence-electron chi connectivity index (χ2n) is 7.15. The first-order valence-electron chi connectivity index (χ1n) is 8.49. The third-order valence-corrected chi connectivity index (χ3v) is 4.56. The number of nitrogens with zero attached hydrogens (tertiary/aromatic N) is 4. The lowest BCUT2D eigenvalue weighted by atomic mass is 10.2. The van der Waals surface area contributed by atoms with Crippen LogP contribution in [0.2, 0.25) is 0 Å². The summed E-state index contributed by atoms with van der Waals surface area (Å²) in [5.74, 6) is 1.54. The molecule has 0 aliphatic carbocycles. The maximum Gasteiger partial charge on any atom is 0.410 e. The lowest BCUT2D eigenvalue weighted by Crippen LogP contribution is -2.50. The van der Waals surface area contributed by atoms with Crippen molar-refractivity contribution in [1.29, 1.82) is 0 Å². The number of carbonyl (C=O) groups excluding carboxylic acids is 1. The molecule has 1 aromatic heterocycles. The number of anilines is 1. The number of ether oxygens (including phenoxy) is 2. The van der Waals surface area contributed by atoms with Crippen LogP contribution < -0.4 is 9.64 Å². The molecule has 2 aromatic rings. The zero-order chi connectivity index (χ0) is 18.9. The van der Waals surface area contributed by atoms with Gasteiger partial charge < -0.3 is 19.3 Å². The van der Waals surface area contributed by atoms with Crippen LogP contribution in [0, 0.1) is 0 Å². The van der Waals surface area contributed by atoms with Crippen LogP contribution in [0.1, 0.15) is 20.8 Å². The molecule has 0 radical (unpaired) electrons. The predicted molar refractivity (Wildman–Crippen MR) is 104 cm³/mol. The van der Waals surface area contributed by atoms with E-state index in [2.05, 4.69) is 30.8 Å². The van der Waals surface area contributed by atoms with E-state index in [1.54, 1.807) is 18.3 Å². The van der Waals surface area contributed by atoms with E-state index in [-0.39, 0.29) is 6.09 Å². The Morgan fingerprint density at radius 1 is 1.15 bits per heavy atom. The van der Waals surface area contributed by atoms with Gasteiger partial charge in [-0.15, -0.1) is 0 Å². The highest BCUT2D eigenvalue weighted by molar-refractivity contribution is 9.10. The van der Waals surface area contributed by atoms with Gasteiger partial charge in [0, 0.05) is 30.7 Å². The molecule has 0 bridgehead atoms. The Labute approximate surface area is 161 Å². The molecule has 8 heteroatoms.